The first kappa shape index (κ1) is 14.2. The van der Waals surface area contributed by atoms with E-state index in [-0.39, 0.29) is 0 Å². The molecule has 0 amide bonds. The van der Waals surface area contributed by atoms with Gasteiger partial charge in [-0.25, -0.2) is 15.0 Å². The van der Waals surface area contributed by atoms with Crippen molar-refractivity contribution >= 4 is 37.6 Å². The molecule has 0 aliphatic carbocycles. The molecule has 3 aromatic rings. The van der Waals surface area contributed by atoms with Crippen LogP contribution in [0.25, 0.3) is 20.4 Å². The molecular weight excluding hydrogens is 282 g/mol. The molecule has 0 spiro atoms. The highest BCUT2D eigenvalue weighted by Crippen LogP contribution is 2.34. The van der Waals surface area contributed by atoms with E-state index in [1.165, 1.54) is 0 Å². The molecule has 1 N–H and O–H groups in total. The molecule has 3 aromatic heterocycles. The second-order valence-electron chi connectivity index (χ2n) is 4.81. The van der Waals surface area contributed by atoms with E-state index in [9.17, 15) is 0 Å². The molecular formula is C15H19N5S. The monoisotopic (exact) mass is 301 g/mol. The lowest BCUT2D eigenvalue weighted by Crippen LogP contribution is -2.28. The predicted molar refractivity (Wildman–Crippen MR) is 89.0 cm³/mol. The van der Waals surface area contributed by atoms with Gasteiger partial charge < -0.3 is 10.2 Å². The van der Waals surface area contributed by atoms with Crippen LogP contribution in [0.2, 0.25) is 0 Å². The Morgan fingerprint density at radius 2 is 2.05 bits per heavy atom. The molecule has 0 bridgehead atoms. The predicted octanol–water partition coefficient (Wildman–Crippen LogP) is 2.99. The van der Waals surface area contributed by atoms with E-state index in [0.717, 1.165) is 52.4 Å². The smallest absolute Gasteiger partial charge is 0.147 e. The highest BCUT2D eigenvalue weighted by atomic mass is 32.1. The first-order valence-corrected chi connectivity index (χ1v) is 8.09. The molecule has 0 atom stereocenters. The standard InChI is InChI=1S/C15H19N5S/c1-3-20(4-2)9-8-16-14-13-12(18-10-19-14)11-6-5-7-17-15(11)21-13/h5-7,10H,3-4,8-9H2,1-2H3,(H,16,18,19). The third-order valence-electron chi connectivity index (χ3n) is 3.64. The van der Waals surface area contributed by atoms with Gasteiger partial charge in [-0.2, -0.15) is 0 Å². The minimum Gasteiger partial charge on any atom is -0.367 e. The Morgan fingerprint density at radius 1 is 1.19 bits per heavy atom. The number of hydrogen-bond acceptors (Lipinski definition) is 6. The van der Waals surface area contributed by atoms with Crippen molar-refractivity contribution in [2.45, 2.75) is 13.8 Å². The highest BCUT2D eigenvalue weighted by Gasteiger charge is 2.11. The van der Waals surface area contributed by atoms with Crippen molar-refractivity contribution < 1.29 is 0 Å². The lowest BCUT2D eigenvalue weighted by molar-refractivity contribution is 0.316. The molecule has 0 saturated carbocycles. The third kappa shape index (κ3) is 2.82. The number of aromatic nitrogens is 3. The van der Waals surface area contributed by atoms with Crippen LogP contribution in [0.15, 0.2) is 24.7 Å². The van der Waals surface area contributed by atoms with Crippen molar-refractivity contribution in [3.05, 3.63) is 24.7 Å². The van der Waals surface area contributed by atoms with Crippen molar-refractivity contribution in [2.24, 2.45) is 0 Å². The van der Waals surface area contributed by atoms with Crippen molar-refractivity contribution in [3.63, 3.8) is 0 Å². The third-order valence-corrected chi connectivity index (χ3v) is 4.75. The maximum Gasteiger partial charge on any atom is 0.147 e. The van der Waals surface area contributed by atoms with Crippen LogP contribution in [0.5, 0.6) is 0 Å². The summed E-state index contributed by atoms with van der Waals surface area (Å²) in [5, 5.41) is 4.54. The SMILES string of the molecule is CCN(CC)CCNc1ncnc2c1sc1ncccc12. The summed E-state index contributed by atoms with van der Waals surface area (Å²) in [6, 6.07) is 4.01. The minimum atomic E-state index is 0.884. The summed E-state index contributed by atoms with van der Waals surface area (Å²) < 4.78 is 1.09. The summed E-state index contributed by atoms with van der Waals surface area (Å²) in [6.45, 7) is 8.42. The van der Waals surface area contributed by atoms with Crippen LogP contribution in [-0.4, -0.2) is 46.0 Å². The average Bonchev–Trinajstić information content (AvgIpc) is 2.91. The molecule has 0 saturated heterocycles. The Bertz CT molecular complexity index is 735. The van der Waals surface area contributed by atoms with Crippen LogP contribution in [0, 0.1) is 0 Å². The number of nitrogens with one attached hydrogen (secondary N) is 1. The molecule has 0 aliphatic heterocycles. The van der Waals surface area contributed by atoms with Crippen LogP contribution in [-0.2, 0) is 0 Å². The quantitative estimate of drug-likeness (QED) is 0.758. The van der Waals surface area contributed by atoms with Crippen LogP contribution >= 0.6 is 11.3 Å². The van der Waals surface area contributed by atoms with Crippen molar-refractivity contribution in [1.29, 1.82) is 0 Å². The fourth-order valence-corrected chi connectivity index (χ4v) is 3.47. The number of pyridine rings is 1. The molecule has 6 heteroatoms. The lowest BCUT2D eigenvalue weighted by Gasteiger charge is -2.18. The van der Waals surface area contributed by atoms with Crippen LogP contribution in [0.1, 0.15) is 13.8 Å². The Morgan fingerprint density at radius 3 is 2.86 bits per heavy atom. The topological polar surface area (TPSA) is 53.9 Å². The van der Waals surface area contributed by atoms with Gasteiger partial charge in [0.2, 0.25) is 0 Å². The maximum atomic E-state index is 4.41. The van der Waals surface area contributed by atoms with Gasteiger partial charge in [0.25, 0.3) is 0 Å². The summed E-state index contributed by atoms with van der Waals surface area (Å²) in [4.78, 5) is 16.6. The number of hydrogen-bond donors (Lipinski definition) is 1. The van der Waals surface area contributed by atoms with Gasteiger partial charge >= 0.3 is 0 Å². The number of fused-ring (bicyclic) bond motifs is 3. The van der Waals surface area contributed by atoms with Crippen LogP contribution < -0.4 is 5.32 Å². The van der Waals surface area contributed by atoms with Crippen molar-refractivity contribution in [2.75, 3.05) is 31.5 Å². The Balaban J connectivity index is 1.85. The van der Waals surface area contributed by atoms with Gasteiger partial charge in [0.05, 0.1) is 10.2 Å². The average molecular weight is 301 g/mol. The van der Waals surface area contributed by atoms with Gasteiger partial charge in [-0.15, -0.1) is 11.3 Å². The molecule has 5 nitrogen and oxygen atoms in total. The molecule has 0 unspecified atom stereocenters. The summed E-state index contributed by atoms with van der Waals surface area (Å²) in [7, 11) is 0. The zero-order chi connectivity index (χ0) is 14.7. The summed E-state index contributed by atoms with van der Waals surface area (Å²) in [5.74, 6) is 0.912. The van der Waals surface area contributed by atoms with E-state index in [1.807, 2.05) is 12.3 Å². The number of thiophene rings is 1. The number of nitrogens with zero attached hydrogens (tertiary/aromatic N) is 4. The molecule has 0 radical (unpaired) electrons. The Kier molecular flexibility index (Phi) is 4.26. The fourth-order valence-electron chi connectivity index (χ4n) is 2.41. The Hall–Kier alpha value is -1.79. The normalized spacial score (nSPS) is 11.6. The van der Waals surface area contributed by atoms with Gasteiger partial charge in [-0.1, -0.05) is 13.8 Å². The van der Waals surface area contributed by atoms with Gasteiger partial charge in [0.1, 0.15) is 17.0 Å². The lowest BCUT2D eigenvalue weighted by atomic mass is 10.3. The number of rotatable bonds is 6. The molecule has 0 aliphatic rings. The second kappa shape index (κ2) is 6.32. The summed E-state index contributed by atoms with van der Waals surface area (Å²) >= 11 is 1.65. The molecule has 110 valence electrons. The van der Waals surface area contributed by atoms with E-state index in [4.69, 9.17) is 0 Å². The van der Waals surface area contributed by atoms with Crippen molar-refractivity contribution in [1.82, 2.24) is 19.9 Å². The molecule has 0 aromatic carbocycles. The summed E-state index contributed by atoms with van der Waals surface area (Å²) in [6.07, 6.45) is 3.44. The summed E-state index contributed by atoms with van der Waals surface area (Å²) in [5.41, 5.74) is 0.989. The highest BCUT2D eigenvalue weighted by molar-refractivity contribution is 7.25. The number of likely N-dealkylation sites (N-methyl/N-ethyl adjacent to an activating group) is 1. The zero-order valence-electron chi connectivity index (χ0n) is 12.3. The molecule has 3 heterocycles. The van der Waals surface area contributed by atoms with Gasteiger partial charge in [-0.05, 0) is 25.2 Å². The largest absolute Gasteiger partial charge is 0.367 e. The van der Waals surface area contributed by atoms with E-state index in [0.29, 0.717) is 0 Å². The second-order valence-corrected chi connectivity index (χ2v) is 5.81. The minimum absolute atomic E-state index is 0.884. The van der Waals surface area contributed by atoms with Gasteiger partial charge in [-0.3, -0.25) is 0 Å². The zero-order valence-corrected chi connectivity index (χ0v) is 13.2. The first-order chi connectivity index (χ1) is 10.3. The fraction of sp³-hybridized carbons (Fsp3) is 0.400. The maximum absolute atomic E-state index is 4.41. The van der Waals surface area contributed by atoms with Crippen LogP contribution in [0.4, 0.5) is 5.82 Å². The van der Waals surface area contributed by atoms with Crippen LogP contribution in [0.3, 0.4) is 0 Å². The van der Waals surface area contributed by atoms with E-state index >= 15 is 0 Å². The van der Waals surface area contributed by atoms with E-state index < -0.39 is 0 Å². The first-order valence-electron chi connectivity index (χ1n) is 7.28. The molecule has 3 rings (SSSR count). The Labute approximate surface area is 128 Å². The van der Waals surface area contributed by atoms with E-state index in [1.54, 1.807) is 17.7 Å². The van der Waals surface area contributed by atoms with Gasteiger partial charge in [0, 0.05) is 24.7 Å². The molecule has 21 heavy (non-hydrogen) atoms. The number of anilines is 1. The van der Waals surface area contributed by atoms with Gasteiger partial charge in [0.15, 0.2) is 0 Å². The van der Waals surface area contributed by atoms with E-state index in [2.05, 4.69) is 45.1 Å². The molecule has 0 fully saturated rings. The van der Waals surface area contributed by atoms with Crippen molar-refractivity contribution in [3.8, 4) is 0 Å².